The van der Waals surface area contributed by atoms with E-state index in [2.05, 4.69) is 0 Å². The molecule has 6 nitrogen and oxygen atoms in total. The number of Topliss-reactive ketones (excluding diaryl/α,β-unsaturated/α-hetero) is 1. The van der Waals surface area contributed by atoms with Crippen LogP contribution in [0.4, 0.5) is 0 Å². The van der Waals surface area contributed by atoms with Crippen molar-refractivity contribution in [2.75, 3.05) is 5.75 Å². The largest absolute Gasteiger partial charge is 0.507 e. The molecule has 1 aromatic rings. The molecule has 2 N–H and O–H groups in total. The van der Waals surface area contributed by atoms with Gasteiger partial charge in [0.2, 0.25) is 0 Å². The van der Waals surface area contributed by atoms with E-state index in [0.29, 0.717) is 11.7 Å². The standard InChI is InChI=1S/C24H28O6S2/c1-14(2)7-10-20(30-21(28)6-4-3-5-15-11-12-31-32-15)16-13-19(27)22-17(25)8-9-18(26)23(22)24(16)29/h7-9,13,15,20,25-26H,3-6,10-12H2,1-2H3/t15-,20-/m1/s1. The van der Waals surface area contributed by atoms with E-state index >= 15 is 0 Å². The van der Waals surface area contributed by atoms with Gasteiger partial charge in [-0.05, 0) is 51.3 Å². The number of allylic oxidation sites excluding steroid dienone is 2. The molecule has 1 saturated heterocycles. The second-order valence-electron chi connectivity index (χ2n) is 8.22. The maximum absolute atomic E-state index is 13.1. The SMILES string of the molecule is CC(C)=CC[C@@H](OC(=O)CCCC[C@@H]1CCSS1)C1=CC(=O)c2c(O)ccc(O)c2C1=O. The summed E-state index contributed by atoms with van der Waals surface area (Å²) in [7, 11) is 3.81. The van der Waals surface area contributed by atoms with Crippen LogP contribution in [0.2, 0.25) is 0 Å². The van der Waals surface area contributed by atoms with Gasteiger partial charge in [0.15, 0.2) is 11.6 Å². The van der Waals surface area contributed by atoms with Gasteiger partial charge < -0.3 is 14.9 Å². The highest BCUT2D eigenvalue weighted by Crippen LogP contribution is 2.40. The maximum Gasteiger partial charge on any atom is 0.306 e. The minimum absolute atomic E-state index is 0.00799. The van der Waals surface area contributed by atoms with Gasteiger partial charge in [0.1, 0.15) is 17.6 Å². The lowest BCUT2D eigenvalue weighted by molar-refractivity contribution is -0.147. The highest BCUT2D eigenvalue weighted by Gasteiger charge is 2.35. The van der Waals surface area contributed by atoms with Crippen molar-refractivity contribution in [3.8, 4) is 11.5 Å². The number of rotatable bonds is 9. The maximum atomic E-state index is 13.1. The van der Waals surface area contributed by atoms with Crippen LogP contribution in [0.3, 0.4) is 0 Å². The average Bonchev–Trinajstić information content (AvgIpc) is 3.26. The molecule has 32 heavy (non-hydrogen) atoms. The van der Waals surface area contributed by atoms with Crippen molar-refractivity contribution < 1.29 is 29.3 Å². The van der Waals surface area contributed by atoms with E-state index in [1.807, 2.05) is 41.5 Å². The number of hydrogen-bond acceptors (Lipinski definition) is 8. The molecule has 0 amide bonds. The minimum atomic E-state index is -0.939. The first-order chi connectivity index (χ1) is 15.3. The lowest BCUT2D eigenvalue weighted by Crippen LogP contribution is -2.29. The first kappa shape index (κ1) is 24.5. The van der Waals surface area contributed by atoms with Gasteiger partial charge in [-0.25, -0.2) is 0 Å². The van der Waals surface area contributed by atoms with E-state index in [1.54, 1.807) is 0 Å². The van der Waals surface area contributed by atoms with Crippen molar-refractivity contribution in [2.45, 2.75) is 63.7 Å². The van der Waals surface area contributed by atoms with Crippen LogP contribution in [0.25, 0.3) is 0 Å². The van der Waals surface area contributed by atoms with Crippen LogP contribution >= 0.6 is 21.6 Å². The van der Waals surface area contributed by atoms with Crippen LogP contribution in [0, 0.1) is 0 Å². The third kappa shape index (κ3) is 5.98. The number of carbonyl (C=O) groups is 3. The normalized spacial score (nSPS) is 18.7. The van der Waals surface area contributed by atoms with Crippen molar-refractivity contribution in [2.24, 2.45) is 0 Å². The van der Waals surface area contributed by atoms with E-state index in [4.69, 9.17) is 4.74 Å². The Bertz CT molecular complexity index is 955. The molecular formula is C24H28O6S2. The number of ether oxygens (including phenoxy) is 1. The summed E-state index contributed by atoms with van der Waals surface area (Å²) in [6.07, 6.45) is 6.41. The summed E-state index contributed by atoms with van der Waals surface area (Å²) in [5.74, 6) is -1.23. The minimum Gasteiger partial charge on any atom is -0.507 e. The Labute approximate surface area is 195 Å². The molecule has 0 aromatic heterocycles. The average molecular weight is 477 g/mol. The second kappa shape index (κ2) is 11.1. The first-order valence-electron chi connectivity index (χ1n) is 10.7. The molecular weight excluding hydrogens is 448 g/mol. The second-order valence-corrected chi connectivity index (χ2v) is 11.0. The number of hydrogen-bond donors (Lipinski definition) is 2. The Morgan fingerprint density at radius 3 is 2.56 bits per heavy atom. The number of carbonyl (C=O) groups excluding carboxylic acids is 3. The van der Waals surface area contributed by atoms with Gasteiger partial charge in [-0.3, -0.25) is 14.4 Å². The van der Waals surface area contributed by atoms with Crippen molar-refractivity contribution >= 4 is 39.1 Å². The van der Waals surface area contributed by atoms with Gasteiger partial charge in [-0.15, -0.1) is 0 Å². The van der Waals surface area contributed by atoms with E-state index < -0.39 is 29.4 Å². The molecule has 3 rings (SSSR count). The fourth-order valence-corrected chi connectivity index (χ4v) is 6.75. The molecule has 0 unspecified atom stereocenters. The van der Waals surface area contributed by atoms with Crippen LogP contribution in [0.5, 0.6) is 11.5 Å². The number of unbranched alkanes of at least 4 members (excludes halogenated alkanes) is 1. The Hall–Kier alpha value is -2.19. The summed E-state index contributed by atoms with van der Waals surface area (Å²) in [5.41, 5.74) is 0.509. The number of phenolic OH excluding ortho intramolecular Hbond substituents is 2. The molecule has 0 saturated carbocycles. The van der Waals surface area contributed by atoms with E-state index in [9.17, 15) is 24.6 Å². The molecule has 1 fully saturated rings. The zero-order valence-electron chi connectivity index (χ0n) is 18.3. The van der Waals surface area contributed by atoms with E-state index in [0.717, 1.165) is 24.5 Å². The van der Waals surface area contributed by atoms with Crippen molar-refractivity contribution in [1.29, 1.82) is 0 Å². The third-order valence-corrected chi connectivity index (χ3v) is 8.44. The highest BCUT2D eigenvalue weighted by molar-refractivity contribution is 8.77. The van der Waals surface area contributed by atoms with Crippen LogP contribution in [-0.2, 0) is 9.53 Å². The summed E-state index contributed by atoms with van der Waals surface area (Å²) < 4.78 is 5.64. The summed E-state index contributed by atoms with van der Waals surface area (Å²) in [4.78, 5) is 38.2. The number of phenols is 2. The monoisotopic (exact) mass is 476 g/mol. The first-order valence-corrected chi connectivity index (χ1v) is 13.1. The lowest BCUT2D eigenvalue weighted by Gasteiger charge is -2.23. The van der Waals surface area contributed by atoms with E-state index in [-0.39, 0.29) is 35.3 Å². The van der Waals surface area contributed by atoms with Crippen molar-refractivity contribution in [3.05, 3.63) is 46.6 Å². The zero-order chi connectivity index (χ0) is 23.3. The van der Waals surface area contributed by atoms with Gasteiger partial charge in [0.05, 0.1) is 11.1 Å². The van der Waals surface area contributed by atoms with Gasteiger partial charge in [-0.1, -0.05) is 39.7 Å². The van der Waals surface area contributed by atoms with Gasteiger partial charge in [0, 0.05) is 29.4 Å². The Kier molecular flexibility index (Phi) is 8.48. The van der Waals surface area contributed by atoms with Crippen molar-refractivity contribution in [3.63, 3.8) is 0 Å². The number of fused-ring (bicyclic) bond motifs is 1. The van der Waals surface area contributed by atoms with E-state index in [1.165, 1.54) is 24.3 Å². The van der Waals surface area contributed by atoms with Crippen LogP contribution in [0.15, 0.2) is 35.4 Å². The smallest absolute Gasteiger partial charge is 0.306 e. The Morgan fingerprint density at radius 1 is 1.19 bits per heavy atom. The number of esters is 1. The molecule has 0 spiro atoms. The molecule has 2 aliphatic rings. The predicted octanol–water partition coefficient (Wildman–Crippen LogP) is 5.39. The number of ketones is 2. The summed E-state index contributed by atoms with van der Waals surface area (Å²) >= 11 is 0. The molecule has 1 aliphatic carbocycles. The quantitative estimate of drug-likeness (QED) is 0.161. The molecule has 2 atom stereocenters. The highest BCUT2D eigenvalue weighted by atomic mass is 33.1. The molecule has 0 radical (unpaired) electrons. The topological polar surface area (TPSA) is 101 Å². The van der Waals surface area contributed by atoms with Crippen molar-refractivity contribution in [1.82, 2.24) is 0 Å². The zero-order valence-corrected chi connectivity index (χ0v) is 19.9. The number of benzene rings is 1. The third-order valence-electron chi connectivity index (χ3n) is 5.43. The number of aromatic hydroxyl groups is 2. The molecule has 8 heteroatoms. The van der Waals surface area contributed by atoms with Crippen LogP contribution < -0.4 is 0 Å². The van der Waals surface area contributed by atoms with Gasteiger partial charge >= 0.3 is 5.97 Å². The summed E-state index contributed by atoms with van der Waals surface area (Å²) in [5, 5.41) is 20.8. The molecule has 0 bridgehead atoms. The predicted molar refractivity (Wildman–Crippen MR) is 127 cm³/mol. The van der Waals surface area contributed by atoms with Crippen LogP contribution in [-0.4, -0.2) is 44.9 Å². The molecule has 1 heterocycles. The molecule has 1 aliphatic heterocycles. The Balaban J connectivity index is 1.71. The molecule has 1 aromatic carbocycles. The van der Waals surface area contributed by atoms with Gasteiger partial charge in [0.25, 0.3) is 0 Å². The van der Waals surface area contributed by atoms with Crippen LogP contribution in [0.1, 0.15) is 73.1 Å². The van der Waals surface area contributed by atoms with Gasteiger partial charge in [-0.2, -0.15) is 0 Å². The fraction of sp³-hybridized carbons (Fsp3) is 0.458. The summed E-state index contributed by atoms with van der Waals surface area (Å²) in [6, 6.07) is 2.34. The summed E-state index contributed by atoms with van der Waals surface area (Å²) in [6.45, 7) is 3.78. The molecule has 172 valence electrons. The Morgan fingerprint density at radius 2 is 1.91 bits per heavy atom. The fourth-order valence-electron chi connectivity index (χ4n) is 3.73. The lowest BCUT2D eigenvalue weighted by atomic mass is 9.85.